The quantitative estimate of drug-likeness (QED) is 0.317. The van der Waals surface area contributed by atoms with E-state index in [2.05, 4.69) is 5.32 Å². The maximum Gasteiger partial charge on any atom is 0.434 e. The molecule has 1 unspecified atom stereocenters. The molecule has 0 aliphatic rings. The summed E-state index contributed by atoms with van der Waals surface area (Å²) < 4.78 is 10.7. The number of phenolic OH excluding ortho intramolecular Hbond substituents is 1. The third kappa shape index (κ3) is 6.93. The number of hydroxylamine groups is 2. The second-order valence-electron chi connectivity index (χ2n) is 8.20. The van der Waals surface area contributed by atoms with Gasteiger partial charge in [0, 0.05) is 12.0 Å². The van der Waals surface area contributed by atoms with Crippen molar-refractivity contribution in [1.82, 2.24) is 10.4 Å². The van der Waals surface area contributed by atoms with E-state index in [1.165, 1.54) is 7.11 Å². The Labute approximate surface area is 178 Å². The average molecular weight is 417 g/mol. The van der Waals surface area contributed by atoms with Gasteiger partial charge in [0.05, 0.1) is 13.7 Å². The van der Waals surface area contributed by atoms with Gasteiger partial charge in [-0.25, -0.2) is 4.79 Å². The second kappa shape index (κ2) is 10.8. The van der Waals surface area contributed by atoms with E-state index >= 15 is 0 Å². The van der Waals surface area contributed by atoms with Crippen LogP contribution in [0.5, 0.6) is 11.5 Å². The van der Waals surface area contributed by atoms with Crippen molar-refractivity contribution in [3.8, 4) is 11.5 Å². The van der Waals surface area contributed by atoms with E-state index in [-0.39, 0.29) is 17.7 Å². The van der Waals surface area contributed by atoms with E-state index in [1.807, 2.05) is 51.1 Å². The van der Waals surface area contributed by atoms with E-state index in [1.54, 1.807) is 18.2 Å². The molecule has 2 aromatic carbocycles. The van der Waals surface area contributed by atoms with Crippen LogP contribution >= 0.6 is 0 Å². The Morgan fingerprint density at radius 1 is 1.17 bits per heavy atom. The summed E-state index contributed by atoms with van der Waals surface area (Å²) in [5.41, 5.74) is 1.53. The monoisotopic (exact) mass is 416 g/mol. The summed E-state index contributed by atoms with van der Waals surface area (Å²) in [6.07, 6.45) is -0.683. The standard InChI is InChI=1S/C23H32N2O5/c1-23(2,3)21(18-9-6-5-7-10-18)30-22(27)25(28)14-8-13-24-16-17-11-12-19(26)20(15-17)29-4/h5-7,9-12,15,21,24,26,28H,8,13-14,16H2,1-4H3. The molecule has 0 radical (unpaired) electrons. The van der Waals surface area contributed by atoms with Crippen LogP contribution in [0.2, 0.25) is 0 Å². The van der Waals surface area contributed by atoms with Crippen molar-refractivity contribution in [3.05, 3.63) is 59.7 Å². The van der Waals surface area contributed by atoms with Gasteiger partial charge in [-0.15, -0.1) is 0 Å². The number of hydrogen-bond acceptors (Lipinski definition) is 6. The Morgan fingerprint density at radius 3 is 2.50 bits per heavy atom. The highest BCUT2D eigenvalue weighted by molar-refractivity contribution is 5.66. The number of methoxy groups -OCH3 is 1. The Kier molecular flexibility index (Phi) is 8.50. The normalized spacial score (nSPS) is 12.3. The molecule has 2 aromatic rings. The Hall–Kier alpha value is -2.77. The molecule has 7 nitrogen and oxygen atoms in total. The van der Waals surface area contributed by atoms with Crippen molar-refractivity contribution in [2.24, 2.45) is 5.41 Å². The van der Waals surface area contributed by atoms with E-state index in [4.69, 9.17) is 9.47 Å². The van der Waals surface area contributed by atoms with Gasteiger partial charge in [-0.3, -0.25) is 5.21 Å². The molecule has 0 saturated carbocycles. The molecule has 2 rings (SSSR count). The maximum atomic E-state index is 12.4. The van der Waals surface area contributed by atoms with Crippen molar-refractivity contribution >= 4 is 6.09 Å². The lowest BCUT2D eigenvalue weighted by Gasteiger charge is -2.31. The minimum atomic E-state index is -0.762. The van der Waals surface area contributed by atoms with Crippen LogP contribution in [0, 0.1) is 5.41 Å². The summed E-state index contributed by atoms with van der Waals surface area (Å²) in [5.74, 6) is 0.519. The van der Waals surface area contributed by atoms with Gasteiger partial charge in [0.15, 0.2) is 11.5 Å². The van der Waals surface area contributed by atoms with Crippen LogP contribution in [-0.2, 0) is 11.3 Å². The van der Waals surface area contributed by atoms with Crippen LogP contribution in [0.25, 0.3) is 0 Å². The summed E-state index contributed by atoms with van der Waals surface area (Å²) in [4.78, 5) is 12.4. The maximum absolute atomic E-state index is 12.4. The van der Waals surface area contributed by atoms with Gasteiger partial charge < -0.3 is 19.9 Å². The Balaban J connectivity index is 1.78. The fraction of sp³-hybridized carbons (Fsp3) is 0.435. The van der Waals surface area contributed by atoms with E-state index in [0.29, 0.717) is 30.3 Å². The van der Waals surface area contributed by atoms with Crippen LogP contribution in [0.1, 0.15) is 44.4 Å². The topological polar surface area (TPSA) is 91.3 Å². The van der Waals surface area contributed by atoms with Crippen molar-refractivity contribution in [1.29, 1.82) is 0 Å². The summed E-state index contributed by atoms with van der Waals surface area (Å²) in [6, 6.07) is 14.7. The highest BCUT2D eigenvalue weighted by atomic mass is 16.6. The van der Waals surface area contributed by atoms with Crippen molar-refractivity contribution < 1.29 is 24.6 Å². The molecule has 1 atom stereocenters. The van der Waals surface area contributed by atoms with Gasteiger partial charge in [0.2, 0.25) is 0 Å². The number of carbonyl (C=O) groups excluding carboxylic acids is 1. The number of rotatable bonds is 9. The number of aromatic hydroxyl groups is 1. The smallest absolute Gasteiger partial charge is 0.434 e. The summed E-state index contributed by atoms with van der Waals surface area (Å²) in [5, 5.41) is 23.6. The molecule has 164 valence electrons. The molecule has 0 aromatic heterocycles. The molecule has 3 N–H and O–H groups in total. The first-order chi connectivity index (χ1) is 14.2. The summed E-state index contributed by atoms with van der Waals surface area (Å²) >= 11 is 0. The number of nitrogens with one attached hydrogen (secondary N) is 1. The molecule has 1 amide bonds. The van der Waals surface area contributed by atoms with Crippen molar-refractivity contribution in [2.45, 2.75) is 39.8 Å². The zero-order chi connectivity index (χ0) is 22.1. The first-order valence-corrected chi connectivity index (χ1v) is 10.0. The first-order valence-electron chi connectivity index (χ1n) is 10.0. The van der Waals surface area contributed by atoms with Gasteiger partial charge in [-0.05, 0) is 36.2 Å². The van der Waals surface area contributed by atoms with Crippen molar-refractivity contribution in [2.75, 3.05) is 20.2 Å². The number of amides is 1. The van der Waals surface area contributed by atoms with Gasteiger partial charge in [0.1, 0.15) is 6.10 Å². The molecule has 0 aliphatic heterocycles. The molecule has 0 saturated heterocycles. The largest absolute Gasteiger partial charge is 0.504 e. The lowest BCUT2D eigenvalue weighted by Crippen LogP contribution is -2.34. The fourth-order valence-corrected chi connectivity index (χ4v) is 3.04. The molecule has 0 spiro atoms. The molecule has 0 fully saturated rings. The average Bonchev–Trinajstić information content (AvgIpc) is 2.72. The molecule has 0 heterocycles. The highest BCUT2D eigenvalue weighted by Gasteiger charge is 2.31. The van der Waals surface area contributed by atoms with Gasteiger partial charge in [-0.1, -0.05) is 57.2 Å². The van der Waals surface area contributed by atoms with Gasteiger partial charge in [0.25, 0.3) is 0 Å². The van der Waals surface area contributed by atoms with E-state index in [9.17, 15) is 15.1 Å². The zero-order valence-corrected chi connectivity index (χ0v) is 18.1. The van der Waals surface area contributed by atoms with Gasteiger partial charge >= 0.3 is 6.09 Å². The van der Waals surface area contributed by atoms with Crippen LogP contribution in [0.3, 0.4) is 0 Å². The van der Waals surface area contributed by atoms with E-state index in [0.717, 1.165) is 11.1 Å². The molecule has 0 aliphatic carbocycles. The van der Waals surface area contributed by atoms with Gasteiger partial charge in [-0.2, -0.15) is 5.06 Å². The second-order valence-corrected chi connectivity index (χ2v) is 8.20. The SMILES string of the molecule is COc1cc(CNCCCN(O)C(=O)OC(c2ccccc2)C(C)(C)C)ccc1O. The minimum absolute atomic E-state index is 0.0970. The number of ether oxygens (including phenoxy) is 2. The predicted octanol–water partition coefficient (Wildman–Crippen LogP) is 4.50. The van der Waals surface area contributed by atoms with Crippen LogP contribution < -0.4 is 10.1 Å². The number of carbonyl (C=O) groups is 1. The zero-order valence-electron chi connectivity index (χ0n) is 18.1. The Bertz CT molecular complexity index is 805. The third-order valence-electron chi connectivity index (χ3n) is 4.62. The number of nitrogens with zero attached hydrogens (tertiary/aromatic N) is 1. The number of phenols is 1. The molecule has 0 bridgehead atoms. The summed E-state index contributed by atoms with van der Waals surface area (Å²) in [7, 11) is 1.50. The molecular weight excluding hydrogens is 384 g/mol. The number of hydrogen-bond donors (Lipinski definition) is 3. The Morgan fingerprint density at radius 2 is 1.87 bits per heavy atom. The molecular formula is C23H32N2O5. The minimum Gasteiger partial charge on any atom is -0.504 e. The lowest BCUT2D eigenvalue weighted by molar-refractivity contribution is -0.0959. The lowest BCUT2D eigenvalue weighted by atomic mass is 9.84. The molecule has 30 heavy (non-hydrogen) atoms. The first kappa shape index (κ1) is 23.5. The van der Waals surface area contributed by atoms with Crippen LogP contribution in [-0.4, -0.2) is 41.7 Å². The fourth-order valence-electron chi connectivity index (χ4n) is 3.04. The predicted molar refractivity (Wildman–Crippen MR) is 115 cm³/mol. The third-order valence-corrected chi connectivity index (χ3v) is 4.62. The van der Waals surface area contributed by atoms with E-state index < -0.39 is 12.2 Å². The number of benzene rings is 2. The van der Waals surface area contributed by atoms with Crippen LogP contribution in [0.15, 0.2) is 48.5 Å². The van der Waals surface area contributed by atoms with Crippen LogP contribution in [0.4, 0.5) is 4.79 Å². The summed E-state index contributed by atoms with van der Waals surface area (Å²) in [6.45, 7) is 7.28. The molecule has 7 heteroatoms. The highest BCUT2D eigenvalue weighted by Crippen LogP contribution is 2.36. The van der Waals surface area contributed by atoms with Crippen molar-refractivity contribution in [3.63, 3.8) is 0 Å².